The molecule has 0 aliphatic heterocycles. The maximum Gasteiger partial charge on any atom is 0.265 e. The number of hydrogen-bond acceptors (Lipinski definition) is 3. The van der Waals surface area contributed by atoms with Gasteiger partial charge in [0.2, 0.25) is 5.24 Å². The van der Waals surface area contributed by atoms with Crippen LogP contribution in [0.2, 0.25) is 5.02 Å². The van der Waals surface area contributed by atoms with Gasteiger partial charge in [-0.05, 0) is 55.3 Å². The second-order valence-corrected chi connectivity index (χ2v) is 7.57. The summed E-state index contributed by atoms with van der Waals surface area (Å²) in [5.74, 6) is 0. The lowest BCUT2D eigenvalue weighted by Gasteiger charge is -2.29. The topological polar surface area (TPSA) is 54.5 Å². The molecule has 0 aliphatic carbocycles. The Morgan fingerprint density at radius 2 is 1.70 bits per heavy atom. The Balaban J connectivity index is 2.69. The highest BCUT2D eigenvalue weighted by Crippen LogP contribution is 2.32. The minimum atomic E-state index is -3.97. The Bertz CT molecular complexity index is 822. The molecular formula is C16H15Cl2NO3S. The molecule has 0 aliphatic rings. The molecule has 0 heterocycles. The van der Waals surface area contributed by atoms with Crippen molar-refractivity contribution in [1.29, 1.82) is 0 Å². The Hall–Kier alpha value is -1.56. The van der Waals surface area contributed by atoms with Gasteiger partial charge in [0.05, 0.1) is 10.6 Å². The molecule has 0 saturated carbocycles. The van der Waals surface area contributed by atoms with Gasteiger partial charge >= 0.3 is 0 Å². The van der Waals surface area contributed by atoms with Crippen LogP contribution in [-0.4, -0.2) is 19.7 Å². The zero-order valence-corrected chi connectivity index (χ0v) is 14.9. The third-order valence-electron chi connectivity index (χ3n) is 3.46. The van der Waals surface area contributed by atoms with E-state index in [0.717, 1.165) is 4.31 Å². The molecule has 0 spiro atoms. The minimum absolute atomic E-state index is 0.0733. The van der Waals surface area contributed by atoms with Crippen LogP contribution in [0.25, 0.3) is 0 Å². The number of anilines is 1. The van der Waals surface area contributed by atoms with Gasteiger partial charge in [-0.15, -0.1) is 0 Å². The Labute approximate surface area is 145 Å². The average Bonchev–Trinajstić information content (AvgIpc) is 2.52. The van der Waals surface area contributed by atoms with Gasteiger partial charge in [0.15, 0.2) is 0 Å². The molecule has 0 aromatic heterocycles. The minimum Gasteiger partial charge on any atom is -0.279 e. The van der Waals surface area contributed by atoms with E-state index in [1.807, 2.05) is 0 Å². The summed E-state index contributed by atoms with van der Waals surface area (Å²) in [6, 6.07) is 11.7. The first-order valence-corrected chi connectivity index (χ1v) is 9.00. The standard InChI is InChI=1S/C16H15Cl2NO3S/c1-11-14(17)9-6-10-15(11)19(12(2)16(18)20)23(21,22)13-7-4-3-5-8-13/h3-10,12H,1-2H3. The Morgan fingerprint density at radius 3 is 2.26 bits per heavy atom. The number of carbonyl (C=O) groups excluding carboxylic acids is 1. The second kappa shape index (κ2) is 6.91. The number of carbonyl (C=O) groups is 1. The highest BCUT2D eigenvalue weighted by molar-refractivity contribution is 7.93. The van der Waals surface area contributed by atoms with Gasteiger partial charge < -0.3 is 0 Å². The third kappa shape index (κ3) is 3.52. The van der Waals surface area contributed by atoms with Crippen molar-refractivity contribution in [2.75, 3.05) is 4.31 Å². The van der Waals surface area contributed by atoms with E-state index in [2.05, 4.69) is 0 Å². The summed E-state index contributed by atoms with van der Waals surface area (Å²) in [7, 11) is -3.97. The van der Waals surface area contributed by atoms with E-state index in [9.17, 15) is 13.2 Å². The first-order valence-electron chi connectivity index (χ1n) is 6.80. The van der Waals surface area contributed by atoms with Crippen molar-refractivity contribution in [3.05, 3.63) is 59.1 Å². The molecule has 1 unspecified atom stereocenters. The molecule has 4 nitrogen and oxygen atoms in total. The zero-order valence-electron chi connectivity index (χ0n) is 12.5. The molecule has 23 heavy (non-hydrogen) atoms. The molecule has 1 atom stereocenters. The summed E-state index contributed by atoms with van der Waals surface area (Å²) in [4.78, 5) is 11.7. The van der Waals surface area contributed by atoms with Crippen LogP contribution < -0.4 is 4.31 Å². The molecule has 0 amide bonds. The van der Waals surface area contributed by atoms with Crippen molar-refractivity contribution in [3.63, 3.8) is 0 Å². The summed E-state index contributed by atoms with van der Waals surface area (Å²) in [5, 5.41) is -0.367. The van der Waals surface area contributed by atoms with Gasteiger partial charge in [-0.3, -0.25) is 9.10 Å². The first-order chi connectivity index (χ1) is 10.8. The van der Waals surface area contributed by atoms with Crippen molar-refractivity contribution >= 4 is 44.2 Å². The monoisotopic (exact) mass is 371 g/mol. The van der Waals surface area contributed by atoms with Crippen LogP contribution in [0.4, 0.5) is 5.69 Å². The van der Waals surface area contributed by atoms with Gasteiger partial charge in [-0.25, -0.2) is 8.42 Å². The molecule has 0 bridgehead atoms. The van der Waals surface area contributed by atoms with E-state index in [1.54, 1.807) is 43.3 Å². The van der Waals surface area contributed by atoms with Crippen LogP contribution in [-0.2, 0) is 14.8 Å². The number of rotatable bonds is 5. The van der Waals surface area contributed by atoms with Crippen LogP contribution in [0.5, 0.6) is 0 Å². The lowest BCUT2D eigenvalue weighted by Crippen LogP contribution is -2.42. The Morgan fingerprint density at radius 1 is 1.09 bits per heavy atom. The third-order valence-corrected chi connectivity index (χ3v) is 6.08. The quantitative estimate of drug-likeness (QED) is 0.746. The van der Waals surface area contributed by atoms with E-state index < -0.39 is 21.3 Å². The summed E-state index contributed by atoms with van der Waals surface area (Å²) in [5.41, 5.74) is 0.876. The van der Waals surface area contributed by atoms with Crippen LogP contribution in [0.1, 0.15) is 12.5 Å². The number of nitrogens with zero attached hydrogens (tertiary/aromatic N) is 1. The smallest absolute Gasteiger partial charge is 0.265 e. The van der Waals surface area contributed by atoms with Gasteiger partial charge in [0.1, 0.15) is 6.04 Å². The van der Waals surface area contributed by atoms with Crippen LogP contribution in [0.3, 0.4) is 0 Å². The molecule has 0 saturated heterocycles. The van der Waals surface area contributed by atoms with Crippen molar-refractivity contribution < 1.29 is 13.2 Å². The first kappa shape index (κ1) is 17.8. The SMILES string of the molecule is Cc1c(Cl)cccc1N(C(C)C(=O)Cl)S(=O)(=O)c1ccccc1. The van der Waals surface area contributed by atoms with E-state index in [-0.39, 0.29) is 4.90 Å². The number of hydrogen-bond donors (Lipinski definition) is 0. The van der Waals surface area contributed by atoms with Crippen molar-refractivity contribution in [3.8, 4) is 0 Å². The fraction of sp³-hybridized carbons (Fsp3) is 0.188. The molecule has 2 aromatic rings. The summed E-state index contributed by atoms with van der Waals surface area (Å²) < 4.78 is 27.0. The fourth-order valence-electron chi connectivity index (χ4n) is 2.18. The van der Waals surface area contributed by atoms with Crippen LogP contribution >= 0.6 is 23.2 Å². The lowest BCUT2D eigenvalue weighted by atomic mass is 10.2. The van der Waals surface area contributed by atoms with Gasteiger partial charge in [0.25, 0.3) is 10.0 Å². The molecule has 2 aromatic carbocycles. The van der Waals surface area contributed by atoms with E-state index in [4.69, 9.17) is 23.2 Å². The van der Waals surface area contributed by atoms with E-state index >= 15 is 0 Å². The predicted octanol–water partition coefficient (Wildman–Crippen LogP) is 4.00. The fourth-order valence-corrected chi connectivity index (χ4v) is 4.20. The lowest BCUT2D eigenvalue weighted by molar-refractivity contribution is -0.112. The average molecular weight is 372 g/mol. The molecule has 7 heteroatoms. The molecule has 0 fully saturated rings. The molecule has 2 rings (SSSR count). The largest absolute Gasteiger partial charge is 0.279 e. The van der Waals surface area contributed by atoms with E-state index in [0.29, 0.717) is 16.3 Å². The normalized spacial score (nSPS) is 12.7. The second-order valence-electron chi connectivity index (χ2n) is 4.98. The number of sulfonamides is 1. The van der Waals surface area contributed by atoms with E-state index in [1.165, 1.54) is 19.1 Å². The van der Waals surface area contributed by atoms with Gasteiger partial charge in [-0.1, -0.05) is 35.9 Å². The van der Waals surface area contributed by atoms with Crippen LogP contribution in [0.15, 0.2) is 53.4 Å². The molecule has 0 N–H and O–H groups in total. The summed E-state index contributed by atoms with van der Waals surface area (Å²) in [6.45, 7) is 3.13. The summed E-state index contributed by atoms with van der Waals surface area (Å²) in [6.07, 6.45) is 0. The van der Waals surface area contributed by atoms with Crippen molar-refractivity contribution in [2.24, 2.45) is 0 Å². The predicted molar refractivity (Wildman–Crippen MR) is 92.6 cm³/mol. The maximum atomic E-state index is 13.0. The highest BCUT2D eigenvalue weighted by atomic mass is 35.5. The molecular weight excluding hydrogens is 357 g/mol. The molecule has 122 valence electrons. The summed E-state index contributed by atoms with van der Waals surface area (Å²) >= 11 is 11.7. The van der Waals surface area contributed by atoms with Crippen molar-refractivity contribution in [2.45, 2.75) is 24.8 Å². The zero-order chi connectivity index (χ0) is 17.2. The maximum absolute atomic E-state index is 13.0. The van der Waals surface area contributed by atoms with Gasteiger partial charge in [-0.2, -0.15) is 0 Å². The number of benzene rings is 2. The van der Waals surface area contributed by atoms with Crippen molar-refractivity contribution in [1.82, 2.24) is 0 Å². The van der Waals surface area contributed by atoms with Crippen LogP contribution in [0, 0.1) is 6.92 Å². The Kier molecular flexibility index (Phi) is 5.34. The number of halogens is 2. The molecule has 0 radical (unpaired) electrons. The highest BCUT2D eigenvalue weighted by Gasteiger charge is 2.33. The van der Waals surface area contributed by atoms with Gasteiger partial charge in [0, 0.05) is 5.02 Å².